The van der Waals surface area contributed by atoms with Crippen molar-refractivity contribution in [3.05, 3.63) is 76.5 Å². The second-order valence-corrected chi connectivity index (χ2v) is 7.16. The summed E-state index contributed by atoms with van der Waals surface area (Å²) in [6.45, 7) is 1.76. The van der Waals surface area contributed by atoms with Crippen molar-refractivity contribution in [2.24, 2.45) is 0 Å². The number of para-hydroxylation sites is 1. The van der Waals surface area contributed by atoms with Gasteiger partial charge in [0.1, 0.15) is 0 Å². The topological polar surface area (TPSA) is 68.3 Å². The van der Waals surface area contributed by atoms with E-state index >= 15 is 0 Å². The highest BCUT2D eigenvalue weighted by molar-refractivity contribution is 6.07. The number of amides is 1. The number of aryl methyl sites for hydroxylation is 1. The van der Waals surface area contributed by atoms with Gasteiger partial charge in [0.15, 0.2) is 6.61 Å². The van der Waals surface area contributed by atoms with Crippen LogP contribution in [0.15, 0.2) is 48.5 Å². The number of likely N-dealkylation sites (N-methyl/N-ethyl adjacent to an activating group) is 1. The summed E-state index contributed by atoms with van der Waals surface area (Å²) in [5.74, 6) is -0.826. The van der Waals surface area contributed by atoms with Crippen molar-refractivity contribution in [1.29, 1.82) is 0 Å². The molecule has 29 heavy (non-hydrogen) atoms. The molecule has 0 bridgehead atoms. The molecule has 5 heteroatoms. The van der Waals surface area contributed by atoms with Gasteiger partial charge in [-0.3, -0.25) is 4.79 Å². The van der Waals surface area contributed by atoms with Gasteiger partial charge in [-0.2, -0.15) is 0 Å². The predicted octanol–water partition coefficient (Wildman–Crippen LogP) is 3.93. The average Bonchev–Trinajstić information content (AvgIpc) is 3.13. The molecule has 0 atom stereocenters. The zero-order chi connectivity index (χ0) is 20.4. The number of rotatable bonds is 4. The molecule has 1 aromatic heterocycles. The minimum absolute atomic E-state index is 0.299. The van der Waals surface area contributed by atoms with Gasteiger partial charge in [0, 0.05) is 12.4 Å². The highest BCUT2D eigenvalue weighted by atomic mass is 16.5. The summed E-state index contributed by atoms with van der Waals surface area (Å²) < 4.78 is 5.28. The third kappa shape index (κ3) is 3.76. The molecule has 0 radical (unpaired) electrons. The van der Waals surface area contributed by atoms with E-state index in [4.69, 9.17) is 9.72 Å². The Morgan fingerprint density at radius 2 is 1.86 bits per heavy atom. The van der Waals surface area contributed by atoms with Gasteiger partial charge < -0.3 is 10.1 Å². The van der Waals surface area contributed by atoms with E-state index in [1.807, 2.05) is 24.3 Å². The van der Waals surface area contributed by atoms with Gasteiger partial charge in [0.25, 0.3) is 5.91 Å². The predicted molar refractivity (Wildman–Crippen MR) is 113 cm³/mol. The maximum absolute atomic E-state index is 12.9. The first-order chi connectivity index (χ1) is 14.1. The highest BCUT2D eigenvalue weighted by Gasteiger charge is 2.27. The summed E-state index contributed by atoms with van der Waals surface area (Å²) in [5, 5.41) is 3.22. The lowest BCUT2D eigenvalue weighted by atomic mass is 10.0. The van der Waals surface area contributed by atoms with E-state index in [2.05, 4.69) is 42.6 Å². The van der Waals surface area contributed by atoms with E-state index in [0.29, 0.717) is 5.56 Å². The Morgan fingerprint density at radius 3 is 2.62 bits per heavy atom. The first kappa shape index (κ1) is 18.9. The minimum Gasteiger partial charge on any atom is -0.452 e. The van der Waals surface area contributed by atoms with Gasteiger partial charge in [0.2, 0.25) is 0 Å². The summed E-state index contributed by atoms with van der Waals surface area (Å²) in [7, 11) is 1.51. The summed E-state index contributed by atoms with van der Waals surface area (Å²) >= 11 is 0. The molecule has 0 spiro atoms. The molecule has 0 saturated heterocycles. The number of nitrogens with zero attached hydrogens (tertiary/aromatic N) is 1. The lowest BCUT2D eigenvalue weighted by molar-refractivity contribution is -0.123. The maximum Gasteiger partial charge on any atom is 0.339 e. The number of esters is 1. The van der Waals surface area contributed by atoms with Crippen molar-refractivity contribution < 1.29 is 14.3 Å². The molecular formula is C24H22N2O3. The Bertz CT molecular complexity index is 1130. The zero-order valence-corrected chi connectivity index (χ0v) is 16.5. The number of hydrogen-bond acceptors (Lipinski definition) is 4. The molecule has 0 saturated carbocycles. The molecule has 1 heterocycles. The Hall–Kier alpha value is -3.47. The fourth-order valence-electron chi connectivity index (χ4n) is 3.65. The molecule has 1 aliphatic carbocycles. The number of carbonyl (C=O) groups is 2. The third-order valence-electron chi connectivity index (χ3n) is 5.18. The minimum atomic E-state index is -0.486. The number of fused-ring (bicyclic) bond motifs is 2. The van der Waals surface area contributed by atoms with Crippen molar-refractivity contribution in [2.45, 2.75) is 19.8 Å². The maximum atomic E-state index is 12.9. The Kier molecular flexibility index (Phi) is 5.12. The van der Waals surface area contributed by atoms with Gasteiger partial charge in [-0.15, -0.1) is 0 Å². The first-order valence-electron chi connectivity index (χ1n) is 9.63. The SMILES string of the molecule is CNC(=O)COC(=O)c1c2c(nc3ccccc13)C(=Cc1ccc(C)cc1)CC2. The molecule has 5 nitrogen and oxygen atoms in total. The Morgan fingerprint density at radius 1 is 1.10 bits per heavy atom. The number of aromatic nitrogens is 1. The van der Waals surface area contributed by atoms with Crippen LogP contribution in [0.1, 0.15) is 39.2 Å². The molecule has 1 amide bonds. The molecule has 0 unspecified atom stereocenters. The normalized spacial score (nSPS) is 14.1. The van der Waals surface area contributed by atoms with Crippen LogP contribution >= 0.6 is 0 Å². The molecule has 3 aromatic rings. The van der Waals surface area contributed by atoms with Crippen LogP contribution in [-0.2, 0) is 16.0 Å². The largest absolute Gasteiger partial charge is 0.452 e. The summed E-state index contributed by atoms with van der Waals surface area (Å²) in [5.41, 5.74) is 6.42. The third-order valence-corrected chi connectivity index (χ3v) is 5.18. The Balaban J connectivity index is 1.80. The van der Waals surface area contributed by atoms with Crippen LogP contribution in [0.25, 0.3) is 22.6 Å². The number of allylic oxidation sites excluding steroid dienone is 1. The second-order valence-electron chi connectivity index (χ2n) is 7.16. The number of ether oxygens (including phenoxy) is 1. The fourth-order valence-corrected chi connectivity index (χ4v) is 3.65. The van der Waals surface area contributed by atoms with Crippen molar-refractivity contribution in [3.63, 3.8) is 0 Å². The number of carbonyl (C=O) groups excluding carboxylic acids is 2. The molecule has 1 N–H and O–H groups in total. The number of nitrogens with one attached hydrogen (secondary N) is 1. The molecular weight excluding hydrogens is 364 g/mol. The van der Waals surface area contributed by atoms with Gasteiger partial charge in [-0.1, -0.05) is 48.0 Å². The van der Waals surface area contributed by atoms with Crippen LogP contribution in [0.5, 0.6) is 0 Å². The highest BCUT2D eigenvalue weighted by Crippen LogP contribution is 2.37. The molecule has 0 aliphatic heterocycles. The van der Waals surface area contributed by atoms with Crippen molar-refractivity contribution in [3.8, 4) is 0 Å². The van der Waals surface area contributed by atoms with Crippen LogP contribution in [0, 0.1) is 6.92 Å². The van der Waals surface area contributed by atoms with E-state index in [-0.39, 0.29) is 12.5 Å². The zero-order valence-electron chi connectivity index (χ0n) is 16.5. The van der Waals surface area contributed by atoms with Gasteiger partial charge in [-0.05, 0) is 48.6 Å². The lowest BCUT2D eigenvalue weighted by Gasteiger charge is -2.12. The van der Waals surface area contributed by atoms with Crippen LogP contribution in [0.3, 0.4) is 0 Å². The number of hydrogen-bond donors (Lipinski definition) is 1. The number of pyridine rings is 1. The van der Waals surface area contributed by atoms with Crippen LogP contribution < -0.4 is 5.32 Å². The molecule has 0 fully saturated rings. The quantitative estimate of drug-likeness (QED) is 0.690. The van der Waals surface area contributed by atoms with Gasteiger partial charge >= 0.3 is 5.97 Å². The summed E-state index contributed by atoms with van der Waals surface area (Å²) in [6, 6.07) is 15.9. The van der Waals surface area contributed by atoms with E-state index in [1.165, 1.54) is 12.6 Å². The van der Waals surface area contributed by atoms with Crippen LogP contribution in [0.2, 0.25) is 0 Å². The van der Waals surface area contributed by atoms with Crippen molar-refractivity contribution >= 4 is 34.4 Å². The summed E-state index contributed by atoms with van der Waals surface area (Å²) in [6.07, 6.45) is 3.66. The molecule has 146 valence electrons. The lowest BCUT2D eigenvalue weighted by Crippen LogP contribution is -2.25. The molecule has 1 aliphatic rings. The Labute approximate surface area is 169 Å². The standard InChI is InChI=1S/C24H22N2O3/c1-15-7-9-16(10-8-15)13-17-11-12-19-22(24(28)29-14-21(27)25-2)18-5-3-4-6-20(18)26-23(17)19/h3-10,13H,11-12,14H2,1-2H3,(H,25,27). The van der Waals surface area contributed by atoms with E-state index in [9.17, 15) is 9.59 Å². The van der Waals surface area contributed by atoms with E-state index in [0.717, 1.165) is 46.1 Å². The van der Waals surface area contributed by atoms with Crippen molar-refractivity contribution in [2.75, 3.05) is 13.7 Å². The van der Waals surface area contributed by atoms with Crippen LogP contribution in [-0.4, -0.2) is 30.5 Å². The van der Waals surface area contributed by atoms with Crippen molar-refractivity contribution in [1.82, 2.24) is 10.3 Å². The molecule has 2 aromatic carbocycles. The molecule has 4 rings (SSSR count). The monoisotopic (exact) mass is 386 g/mol. The smallest absolute Gasteiger partial charge is 0.339 e. The van der Waals surface area contributed by atoms with E-state index in [1.54, 1.807) is 0 Å². The van der Waals surface area contributed by atoms with Gasteiger partial charge in [0.05, 0.1) is 16.8 Å². The summed E-state index contributed by atoms with van der Waals surface area (Å²) in [4.78, 5) is 29.3. The van der Waals surface area contributed by atoms with Gasteiger partial charge in [-0.25, -0.2) is 9.78 Å². The van der Waals surface area contributed by atoms with Crippen LogP contribution in [0.4, 0.5) is 0 Å². The first-order valence-corrected chi connectivity index (χ1v) is 9.63. The number of benzene rings is 2. The second kappa shape index (κ2) is 7.87. The average molecular weight is 386 g/mol. The fraction of sp³-hybridized carbons (Fsp3) is 0.208. The van der Waals surface area contributed by atoms with E-state index < -0.39 is 5.97 Å².